The summed E-state index contributed by atoms with van der Waals surface area (Å²) in [5.74, 6) is -0.236. The zero-order valence-corrected chi connectivity index (χ0v) is 12.3. The number of nitrogens with zero attached hydrogens (tertiary/aromatic N) is 1. The van der Waals surface area contributed by atoms with Crippen LogP contribution in [0.3, 0.4) is 0 Å². The lowest BCUT2D eigenvalue weighted by atomic mass is 9.85. The van der Waals surface area contributed by atoms with E-state index >= 15 is 0 Å². The molecule has 0 aliphatic carbocycles. The maximum absolute atomic E-state index is 14.1. The number of hydrogen-bond acceptors (Lipinski definition) is 2. The zero-order chi connectivity index (χ0) is 15.0. The van der Waals surface area contributed by atoms with Crippen molar-refractivity contribution in [3.05, 3.63) is 61.0 Å². The molecule has 0 aliphatic rings. The van der Waals surface area contributed by atoms with Gasteiger partial charge in [-0.05, 0) is 12.5 Å². The van der Waals surface area contributed by atoms with Gasteiger partial charge in [0.2, 0.25) is 0 Å². The molecule has 0 spiro atoms. The molecule has 1 unspecified atom stereocenters. The Kier molecular flexibility index (Phi) is 6.62. The molecule has 0 amide bonds. The summed E-state index contributed by atoms with van der Waals surface area (Å²) >= 11 is 0. The number of rotatable bonds is 9. The van der Waals surface area contributed by atoms with Crippen molar-refractivity contribution >= 4 is 0 Å². The fraction of sp³-hybridized carbons (Fsp3) is 0.412. The van der Waals surface area contributed by atoms with Crippen LogP contribution >= 0.6 is 0 Å². The van der Waals surface area contributed by atoms with Crippen LogP contribution in [0, 0.1) is 5.82 Å². The van der Waals surface area contributed by atoms with Crippen LogP contribution in [0.2, 0.25) is 0 Å². The van der Waals surface area contributed by atoms with Gasteiger partial charge in [0.15, 0.2) is 0 Å². The van der Waals surface area contributed by atoms with E-state index in [0.717, 1.165) is 12.8 Å². The molecule has 0 fully saturated rings. The second-order valence-electron chi connectivity index (χ2n) is 5.16. The van der Waals surface area contributed by atoms with E-state index in [-0.39, 0.29) is 5.82 Å². The first kappa shape index (κ1) is 16.6. The number of hydrogen-bond donors (Lipinski definition) is 1. The van der Waals surface area contributed by atoms with Crippen LogP contribution in [0.4, 0.5) is 4.39 Å². The molecule has 0 aliphatic heterocycles. The fourth-order valence-corrected chi connectivity index (χ4v) is 2.58. The van der Waals surface area contributed by atoms with E-state index in [2.05, 4.69) is 25.0 Å². The monoisotopic (exact) mass is 276 g/mol. The molecule has 0 bridgehead atoms. The fourth-order valence-electron chi connectivity index (χ4n) is 2.58. The van der Waals surface area contributed by atoms with E-state index in [1.54, 1.807) is 12.1 Å². The number of nitrogens with two attached hydrogens (primary N) is 1. The van der Waals surface area contributed by atoms with Gasteiger partial charge in [-0.2, -0.15) is 0 Å². The third-order valence-electron chi connectivity index (χ3n) is 3.39. The Morgan fingerprint density at radius 2 is 1.85 bits per heavy atom. The lowest BCUT2D eigenvalue weighted by molar-refractivity contribution is 0.228. The Labute approximate surface area is 121 Å². The van der Waals surface area contributed by atoms with Crippen molar-refractivity contribution < 1.29 is 4.39 Å². The Morgan fingerprint density at radius 1 is 1.25 bits per heavy atom. The average Bonchev–Trinajstić information content (AvgIpc) is 2.40. The zero-order valence-electron chi connectivity index (χ0n) is 12.3. The van der Waals surface area contributed by atoms with Crippen LogP contribution in [0.1, 0.15) is 25.3 Å². The van der Waals surface area contributed by atoms with Gasteiger partial charge in [0, 0.05) is 25.2 Å². The Balaban J connectivity index is 3.04. The molecule has 110 valence electrons. The predicted octanol–water partition coefficient (Wildman–Crippen LogP) is 3.45. The van der Waals surface area contributed by atoms with Gasteiger partial charge in [-0.3, -0.25) is 4.90 Å². The second kappa shape index (κ2) is 7.98. The minimum absolute atomic E-state index is 0.236. The summed E-state index contributed by atoms with van der Waals surface area (Å²) in [6.07, 6.45) is 5.30. The van der Waals surface area contributed by atoms with Crippen molar-refractivity contribution in [1.29, 1.82) is 0 Å². The van der Waals surface area contributed by atoms with Gasteiger partial charge in [0.1, 0.15) is 5.82 Å². The third kappa shape index (κ3) is 4.29. The molecular weight excluding hydrogens is 251 g/mol. The molecule has 0 saturated heterocycles. The topological polar surface area (TPSA) is 29.3 Å². The summed E-state index contributed by atoms with van der Waals surface area (Å²) in [6, 6.07) is 6.78. The highest BCUT2D eigenvalue weighted by Gasteiger charge is 2.30. The Morgan fingerprint density at radius 3 is 2.35 bits per heavy atom. The second-order valence-corrected chi connectivity index (χ2v) is 5.16. The summed E-state index contributed by atoms with van der Waals surface area (Å²) in [6.45, 7) is 11.6. The maximum atomic E-state index is 14.1. The van der Waals surface area contributed by atoms with Crippen LogP contribution in [0.15, 0.2) is 49.6 Å². The molecule has 1 rings (SSSR count). The molecule has 1 atom stereocenters. The van der Waals surface area contributed by atoms with Gasteiger partial charge in [-0.15, -0.1) is 13.2 Å². The minimum atomic E-state index is -0.688. The summed E-state index contributed by atoms with van der Waals surface area (Å²) in [5.41, 5.74) is 6.44. The van der Waals surface area contributed by atoms with Gasteiger partial charge in [-0.25, -0.2) is 4.39 Å². The van der Waals surface area contributed by atoms with Gasteiger partial charge in [0.05, 0.1) is 5.54 Å². The predicted molar refractivity (Wildman–Crippen MR) is 84.0 cm³/mol. The molecule has 3 heteroatoms. The van der Waals surface area contributed by atoms with E-state index < -0.39 is 5.54 Å². The summed E-state index contributed by atoms with van der Waals surface area (Å²) in [5, 5.41) is 0. The first-order valence-electron chi connectivity index (χ1n) is 7.05. The molecular formula is C17H25FN2. The molecule has 2 N–H and O–H groups in total. The molecule has 0 heterocycles. The van der Waals surface area contributed by atoms with Crippen molar-refractivity contribution in [3.63, 3.8) is 0 Å². The average molecular weight is 276 g/mol. The highest BCUT2D eigenvalue weighted by atomic mass is 19.1. The number of benzene rings is 1. The van der Waals surface area contributed by atoms with Crippen molar-refractivity contribution in [2.24, 2.45) is 5.73 Å². The first-order chi connectivity index (χ1) is 9.57. The van der Waals surface area contributed by atoms with E-state index in [0.29, 0.717) is 25.2 Å². The quantitative estimate of drug-likeness (QED) is 0.700. The molecule has 0 saturated carbocycles. The molecule has 1 aromatic carbocycles. The van der Waals surface area contributed by atoms with E-state index in [1.165, 1.54) is 6.07 Å². The van der Waals surface area contributed by atoms with Gasteiger partial charge in [0.25, 0.3) is 0 Å². The van der Waals surface area contributed by atoms with Crippen LogP contribution in [-0.2, 0) is 5.54 Å². The SMILES string of the molecule is C=CCN(CC=C)CC(N)(CCC)c1ccccc1F. The minimum Gasteiger partial charge on any atom is -0.320 e. The van der Waals surface area contributed by atoms with Crippen molar-refractivity contribution in [3.8, 4) is 0 Å². The first-order valence-corrected chi connectivity index (χ1v) is 7.05. The standard InChI is InChI=1S/C17H25FN2/c1-4-11-17(19,14-20(12-5-2)13-6-3)15-9-7-8-10-16(15)18/h5-10H,2-4,11-14,19H2,1H3. The highest BCUT2D eigenvalue weighted by molar-refractivity contribution is 5.26. The number of halogens is 1. The molecule has 20 heavy (non-hydrogen) atoms. The summed E-state index contributed by atoms with van der Waals surface area (Å²) in [7, 11) is 0. The van der Waals surface area contributed by atoms with Crippen molar-refractivity contribution in [2.45, 2.75) is 25.3 Å². The van der Waals surface area contributed by atoms with E-state index in [4.69, 9.17) is 5.73 Å². The van der Waals surface area contributed by atoms with Crippen LogP contribution in [0.25, 0.3) is 0 Å². The molecule has 0 aromatic heterocycles. The summed E-state index contributed by atoms with van der Waals surface area (Å²) < 4.78 is 14.1. The molecule has 0 radical (unpaired) electrons. The van der Waals surface area contributed by atoms with E-state index in [1.807, 2.05) is 18.2 Å². The molecule has 2 nitrogen and oxygen atoms in total. The largest absolute Gasteiger partial charge is 0.320 e. The van der Waals surface area contributed by atoms with E-state index in [9.17, 15) is 4.39 Å². The van der Waals surface area contributed by atoms with Gasteiger partial charge >= 0.3 is 0 Å². The summed E-state index contributed by atoms with van der Waals surface area (Å²) in [4.78, 5) is 2.13. The van der Waals surface area contributed by atoms with Gasteiger partial charge in [-0.1, -0.05) is 43.7 Å². The van der Waals surface area contributed by atoms with Crippen LogP contribution in [0.5, 0.6) is 0 Å². The lowest BCUT2D eigenvalue weighted by Gasteiger charge is -2.35. The smallest absolute Gasteiger partial charge is 0.128 e. The Bertz CT molecular complexity index is 434. The lowest BCUT2D eigenvalue weighted by Crippen LogP contribution is -2.48. The molecule has 1 aromatic rings. The van der Waals surface area contributed by atoms with Crippen molar-refractivity contribution in [1.82, 2.24) is 4.90 Å². The normalized spacial score (nSPS) is 14.0. The highest BCUT2D eigenvalue weighted by Crippen LogP contribution is 2.27. The van der Waals surface area contributed by atoms with Crippen LogP contribution in [-0.4, -0.2) is 24.5 Å². The van der Waals surface area contributed by atoms with Crippen LogP contribution < -0.4 is 5.73 Å². The van der Waals surface area contributed by atoms with Crippen molar-refractivity contribution in [2.75, 3.05) is 19.6 Å². The third-order valence-corrected chi connectivity index (χ3v) is 3.39. The van der Waals surface area contributed by atoms with Gasteiger partial charge < -0.3 is 5.73 Å². The Hall–Kier alpha value is -1.45. The maximum Gasteiger partial charge on any atom is 0.128 e.